The van der Waals surface area contributed by atoms with Crippen LogP contribution in [0.2, 0.25) is 10.0 Å². The summed E-state index contributed by atoms with van der Waals surface area (Å²) in [5, 5.41) is 16.5. The van der Waals surface area contributed by atoms with E-state index in [0.717, 1.165) is 74.7 Å². The van der Waals surface area contributed by atoms with Gasteiger partial charge in [-0.05, 0) is 108 Å². The van der Waals surface area contributed by atoms with Gasteiger partial charge in [-0.2, -0.15) is 11.3 Å². The van der Waals surface area contributed by atoms with Crippen LogP contribution in [0.15, 0.2) is 59.3 Å². The second-order valence-electron chi connectivity index (χ2n) is 10.8. The summed E-state index contributed by atoms with van der Waals surface area (Å²) >= 11 is 14.4. The Kier molecular flexibility index (Phi) is 9.22. The van der Waals surface area contributed by atoms with Crippen LogP contribution >= 0.6 is 34.5 Å². The summed E-state index contributed by atoms with van der Waals surface area (Å²) in [4.78, 5) is 5.17. The largest absolute Gasteiger partial charge is 0.393 e. The number of aliphatic hydroxyl groups excluding tert-OH is 1. The zero-order valence-corrected chi connectivity index (χ0v) is 23.4. The summed E-state index contributed by atoms with van der Waals surface area (Å²) in [5.41, 5.74) is 3.59. The smallest absolute Gasteiger partial charge is 0.123 e. The first kappa shape index (κ1) is 27.1. The minimum Gasteiger partial charge on any atom is -0.393 e. The molecule has 0 spiro atoms. The van der Waals surface area contributed by atoms with Crippen molar-refractivity contribution in [3.05, 3.63) is 91.8 Å². The minimum atomic E-state index is -0.368. The molecular weight excluding hydrogens is 526 g/mol. The van der Waals surface area contributed by atoms with E-state index in [1.165, 1.54) is 17.7 Å². The van der Waals surface area contributed by atoms with Gasteiger partial charge < -0.3 is 10.0 Å². The van der Waals surface area contributed by atoms with Crippen molar-refractivity contribution in [1.29, 1.82) is 0 Å². The molecule has 198 valence electrons. The number of halogens is 3. The molecule has 3 nitrogen and oxygen atoms in total. The Labute approximate surface area is 233 Å². The third kappa shape index (κ3) is 7.35. The number of thiophene rings is 1. The van der Waals surface area contributed by atoms with Crippen molar-refractivity contribution >= 4 is 34.5 Å². The molecule has 0 bridgehead atoms. The number of piperidine rings is 1. The average Bonchev–Trinajstić information content (AvgIpc) is 3.54. The molecule has 2 fully saturated rings. The van der Waals surface area contributed by atoms with Crippen molar-refractivity contribution < 1.29 is 9.50 Å². The monoisotopic (exact) mass is 560 g/mol. The highest BCUT2D eigenvalue weighted by molar-refractivity contribution is 7.08. The molecule has 2 unspecified atom stereocenters. The standard InChI is InChI=1S/C30H35Cl2FN2OS/c31-26-4-3-23(30(32)15-26)16-35-18-25(29(19-35)24-9-12-37-20-24)17-34-10-7-22(8-11-34)14-28(36)13-21-1-5-27(33)6-2-21/h1-6,9,12,15,20,22,25,28-29,36H,7-8,10-11,13-14,16-19H2/t25?,28-,29?/m1/s1. The van der Waals surface area contributed by atoms with E-state index in [1.807, 2.05) is 18.2 Å². The predicted molar refractivity (Wildman–Crippen MR) is 152 cm³/mol. The van der Waals surface area contributed by atoms with Crippen LogP contribution in [0.4, 0.5) is 4.39 Å². The van der Waals surface area contributed by atoms with Gasteiger partial charge in [-0.15, -0.1) is 0 Å². The van der Waals surface area contributed by atoms with Crippen LogP contribution in [0.25, 0.3) is 0 Å². The van der Waals surface area contributed by atoms with E-state index in [0.29, 0.717) is 29.2 Å². The number of nitrogens with zero attached hydrogens (tertiary/aromatic N) is 2. The summed E-state index contributed by atoms with van der Waals surface area (Å²) in [6.07, 6.45) is 3.30. The van der Waals surface area contributed by atoms with Crippen LogP contribution in [0.3, 0.4) is 0 Å². The second-order valence-corrected chi connectivity index (χ2v) is 12.4. The Bertz CT molecular complexity index is 1130. The molecular formula is C30H35Cl2FN2OS. The molecule has 1 N–H and O–H groups in total. The molecule has 2 aliphatic rings. The molecule has 37 heavy (non-hydrogen) atoms. The lowest BCUT2D eigenvalue weighted by atomic mass is 9.87. The summed E-state index contributed by atoms with van der Waals surface area (Å²) in [6, 6.07) is 14.6. The van der Waals surface area contributed by atoms with E-state index in [2.05, 4.69) is 26.6 Å². The van der Waals surface area contributed by atoms with Crippen molar-refractivity contribution in [2.45, 2.75) is 44.2 Å². The highest BCUT2D eigenvalue weighted by atomic mass is 35.5. The first-order valence-electron chi connectivity index (χ1n) is 13.3. The molecule has 0 radical (unpaired) electrons. The van der Waals surface area contributed by atoms with Crippen LogP contribution in [0.5, 0.6) is 0 Å². The van der Waals surface area contributed by atoms with Gasteiger partial charge in [0.25, 0.3) is 0 Å². The van der Waals surface area contributed by atoms with Gasteiger partial charge in [-0.25, -0.2) is 4.39 Å². The number of aliphatic hydroxyl groups is 1. The van der Waals surface area contributed by atoms with E-state index >= 15 is 0 Å². The van der Waals surface area contributed by atoms with E-state index in [9.17, 15) is 9.50 Å². The van der Waals surface area contributed by atoms with Crippen molar-refractivity contribution in [1.82, 2.24) is 9.80 Å². The number of hydrogen-bond acceptors (Lipinski definition) is 4. The summed E-state index contributed by atoms with van der Waals surface area (Å²) < 4.78 is 13.2. The Balaban J connectivity index is 1.14. The van der Waals surface area contributed by atoms with Crippen LogP contribution in [0, 0.1) is 17.7 Å². The fraction of sp³-hybridized carbons (Fsp3) is 0.467. The van der Waals surface area contributed by atoms with Gasteiger partial charge in [-0.1, -0.05) is 41.4 Å². The van der Waals surface area contributed by atoms with Gasteiger partial charge in [0, 0.05) is 42.1 Å². The molecule has 2 aliphatic heterocycles. The van der Waals surface area contributed by atoms with Crippen molar-refractivity contribution in [3.63, 3.8) is 0 Å². The number of rotatable bonds is 9. The quantitative estimate of drug-likeness (QED) is 0.302. The highest BCUT2D eigenvalue weighted by Crippen LogP contribution is 2.37. The lowest BCUT2D eigenvalue weighted by molar-refractivity contribution is 0.101. The Morgan fingerprint density at radius 1 is 1.00 bits per heavy atom. The van der Waals surface area contributed by atoms with Crippen molar-refractivity contribution in [2.24, 2.45) is 11.8 Å². The average molecular weight is 562 g/mol. The Morgan fingerprint density at radius 3 is 2.49 bits per heavy atom. The van der Waals surface area contributed by atoms with Crippen LogP contribution in [-0.4, -0.2) is 53.7 Å². The van der Waals surface area contributed by atoms with E-state index < -0.39 is 0 Å². The van der Waals surface area contributed by atoms with E-state index in [-0.39, 0.29) is 11.9 Å². The van der Waals surface area contributed by atoms with Gasteiger partial charge in [0.1, 0.15) is 5.82 Å². The summed E-state index contributed by atoms with van der Waals surface area (Å²) in [7, 11) is 0. The molecule has 7 heteroatoms. The van der Waals surface area contributed by atoms with E-state index in [4.69, 9.17) is 23.2 Å². The first-order chi connectivity index (χ1) is 17.9. The third-order valence-electron chi connectivity index (χ3n) is 8.09. The zero-order valence-electron chi connectivity index (χ0n) is 21.0. The molecule has 0 aliphatic carbocycles. The van der Waals surface area contributed by atoms with Gasteiger partial charge in [0.05, 0.1) is 6.10 Å². The first-order valence-corrected chi connectivity index (χ1v) is 15.0. The van der Waals surface area contributed by atoms with E-state index in [1.54, 1.807) is 23.5 Å². The highest BCUT2D eigenvalue weighted by Gasteiger charge is 2.36. The molecule has 2 aromatic carbocycles. The number of hydrogen-bond donors (Lipinski definition) is 1. The predicted octanol–water partition coefficient (Wildman–Crippen LogP) is 7.12. The molecule has 0 saturated carbocycles. The SMILES string of the molecule is O[C@H](Cc1ccc(F)cc1)CC1CCN(CC2CN(Cc3ccc(Cl)cc3Cl)CC2c2ccsc2)CC1. The topological polar surface area (TPSA) is 26.7 Å². The number of benzene rings is 2. The van der Waals surface area contributed by atoms with Crippen LogP contribution in [-0.2, 0) is 13.0 Å². The second kappa shape index (κ2) is 12.6. The minimum absolute atomic E-state index is 0.231. The van der Waals surface area contributed by atoms with Crippen molar-refractivity contribution in [3.8, 4) is 0 Å². The molecule has 3 heterocycles. The maximum atomic E-state index is 13.2. The maximum absolute atomic E-state index is 13.2. The maximum Gasteiger partial charge on any atom is 0.123 e. The zero-order chi connectivity index (χ0) is 25.8. The molecule has 1 aromatic heterocycles. The lowest BCUT2D eigenvalue weighted by Gasteiger charge is -2.35. The molecule has 3 atom stereocenters. The molecule has 2 saturated heterocycles. The summed E-state index contributed by atoms with van der Waals surface area (Å²) in [5.74, 6) is 1.44. The van der Waals surface area contributed by atoms with Gasteiger partial charge in [0.15, 0.2) is 0 Å². The van der Waals surface area contributed by atoms with Crippen LogP contribution in [0.1, 0.15) is 41.9 Å². The Hall–Kier alpha value is -1.47. The normalized spacial score (nSPS) is 22.5. The van der Waals surface area contributed by atoms with Crippen molar-refractivity contribution in [2.75, 3.05) is 32.7 Å². The fourth-order valence-corrected chi connectivity index (χ4v) is 7.32. The molecule has 5 rings (SSSR count). The van der Waals surface area contributed by atoms with Gasteiger partial charge in [0.2, 0.25) is 0 Å². The lowest BCUT2D eigenvalue weighted by Crippen LogP contribution is -2.39. The molecule has 0 amide bonds. The Morgan fingerprint density at radius 2 is 1.78 bits per heavy atom. The van der Waals surface area contributed by atoms with Crippen LogP contribution < -0.4 is 0 Å². The van der Waals surface area contributed by atoms with Gasteiger partial charge in [-0.3, -0.25) is 4.90 Å². The van der Waals surface area contributed by atoms with Gasteiger partial charge >= 0.3 is 0 Å². The molecule has 3 aromatic rings. The fourth-order valence-electron chi connectivity index (χ4n) is 6.13. The summed E-state index contributed by atoms with van der Waals surface area (Å²) in [6.45, 7) is 6.24. The third-order valence-corrected chi connectivity index (χ3v) is 9.38. The number of likely N-dealkylation sites (tertiary alicyclic amines) is 2.